The summed E-state index contributed by atoms with van der Waals surface area (Å²) in [7, 11) is 1.59. The molecule has 1 aliphatic heterocycles. The van der Waals surface area contributed by atoms with Crippen molar-refractivity contribution in [3.05, 3.63) is 49.4 Å². The van der Waals surface area contributed by atoms with Gasteiger partial charge in [0.25, 0.3) is 5.56 Å². The first-order chi connectivity index (χ1) is 11.4. The number of anilines is 2. The predicted molar refractivity (Wildman–Crippen MR) is 97.3 cm³/mol. The van der Waals surface area contributed by atoms with Crippen molar-refractivity contribution in [2.75, 3.05) is 25.2 Å². The summed E-state index contributed by atoms with van der Waals surface area (Å²) in [5.41, 5.74) is 1.52. The van der Waals surface area contributed by atoms with Gasteiger partial charge in [-0.25, -0.2) is 4.98 Å². The molecule has 1 atom stereocenters. The molecule has 24 heavy (non-hydrogen) atoms. The molecule has 0 radical (unpaired) electrons. The van der Waals surface area contributed by atoms with Crippen molar-refractivity contribution in [3.63, 3.8) is 0 Å². The number of fused-ring (bicyclic) bond motifs is 1. The van der Waals surface area contributed by atoms with Gasteiger partial charge in [0, 0.05) is 24.9 Å². The van der Waals surface area contributed by atoms with E-state index in [1.165, 1.54) is 10.8 Å². The molecule has 0 aliphatic carbocycles. The van der Waals surface area contributed by atoms with Crippen LogP contribution in [-0.4, -0.2) is 29.8 Å². The third kappa shape index (κ3) is 3.14. The molecular weight excluding hydrogens is 373 g/mol. The van der Waals surface area contributed by atoms with Crippen LogP contribution in [-0.2, 0) is 11.2 Å². The Kier molecular flexibility index (Phi) is 5.06. The maximum atomic E-state index is 12.9. The maximum absolute atomic E-state index is 12.9. The van der Waals surface area contributed by atoms with Crippen molar-refractivity contribution in [3.8, 4) is 0 Å². The molecule has 0 bridgehead atoms. The second kappa shape index (κ2) is 6.92. The van der Waals surface area contributed by atoms with Gasteiger partial charge in [-0.2, -0.15) is 0 Å². The molecule has 8 heteroatoms. The molecule has 0 saturated heterocycles. The number of aromatic nitrogens is 2. The highest BCUT2D eigenvalue weighted by atomic mass is 35.5. The second-order valence-electron chi connectivity index (χ2n) is 5.70. The normalized spacial score (nSPS) is 14.8. The van der Waals surface area contributed by atoms with Gasteiger partial charge in [-0.15, -0.1) is 0 Å². The van der Waals surface area contributed by atoms with Crippen molar-refractivity contribution in [2.24, 2.45) is 0 Å². The first-order valence-corrected chi connectivity index (χ1v) is 8.59. The van der Waals surface area contributed by atoms with E-state index in [0.29, 0.717) is 23.2 Å². The van der Waals surface area contributed by atoms with Crippen molar-refractivity contribution < 1.29 is 4.74 Å². The van der Waals surface area contributed by atoms with Crippen LogP contribution in [0.25, 0.3) is 0 Å². The number of rotatable bonds is 4. The highest BCUT2D eigenvalue weighted by Gasteiger charge is 2.28. The molecule has 0 saturated carbocycles. The van der Waals surface area contributed by atoms with Gasteiger partial charge < -0.3 is 14.2 Å². The molecular formula is C16H16Cl3N3O2. The van der Waals surface area contributed by atoms with Gasteiger partial charge in [-0.05, 0) is 31.0 Å². The first-order valence-electron chi connectivity index (χ1n) is 7.45. The third-order valence-electron chi connectivity index (χ3n) is 4.00. The fraction of sp³-hybridized carbons (Fsp3) is 0.375. The second-order valence-corrected chi connectivity index (χ2v) is 6.93. The number of hydrogen-bond donors (Lipinski definition) is 0. The molecule has 5 nitrogen and oxygen atoms in total. The average Bonchev–Trinajstić information content (AvgIpc) is 2.93. The highest BCUT2D eigenvalue weighted by molar-refractivity contribution is 6.37. The van der Waals surface area contributed by atoms with Crippen LogP contribution >= 0.6 is 34.8 Å². The lowest BCUT2D eigenvalue weighted by atomic mass is 10.2. The Morgan fingerprint density at radius 1 is 1.33 bits per heavy atom. The summed E-state index contributed by atoms with van der Waals surface area (Å²) >= 11 is 18.6. The Balaban J connectivity index is 2.12. The molecule has 128 valence electrons. The van der Waals surface area contributed by atoms with Crippen molar-refractivity contribution in [1.29, 1.82) is 0 Å². The number of benzene rings is 1. The minimum Gasteiger partial charge on any atom is -0.383 e. The number of ether oxygens (including phenoxy) is 1. The Hall–Kier alpha value is -1.27. The van der Waals surface area contributed by atoms with Gasteiger partial charge in [0.05, 0.1) is 23.4 Å². The van der Waals surface area contributed by atoms with E-state index in [0.717, 1.165) is 17.7 Å². The van der Waals surface area contributed by atoms with Crippen LogP contribution in [0, 0.1) is 0 Å². The molecule has 3 rings (SSSR count). The number of methoxy groups -OCH3 is 1. The van der Waals surface area contributed by atoms with E-state index >= 15 is 0 Å². The minimum absolute atomic E-state index is 0.162. The van der Waals surface area contributed by atoms with Crippen LogP contribution in [0.3, 0.4) is 0 Å². The topological polar surface area (TPSA) is 47.4 Å². The summed E-state index contributed by atoms with van der Waals surface area (Å²) < 4.78 is 6.67. The zero-order chi connectivity index (χ0) is 17.4. The van der Waals surface area contributed by atoms with Gasteiger partial charge in [-0.3, -0.25) is 4.79 Å². The van der Waals surface area contributed by atoms with Crippen LogP contribution in [0.5, 0.6) is 0 Å². The van der Waals surface area contributed by atoms with Gasteiger partial charge in [-0.1, -0.05) is 34.8 Å². The molecule has 1 unspecified atom stereocenters. The summed E-state index contributed by atoms with van der Waals surface area (Å²) in [4.78, 5) is 18.9. The quantitative estimate of drug-likeness (QED) is 0.791. The monoisotopic (exact) mass is 387 g/mol. The summed E-state index contributed by atoms with van der Waals surface area (Å²) in [5, 5.41) is 1.31. The van der Waals surface area contributed by atoms with Crippen LogP contribution in [0.1, 0.15) is 18.5 Å². The van der Waals surface area contributed by atoms with Gasteiger partial charge in [0.1, 0.15) is 5.15 Å². The van der Waals surface area contributed by atoms with Crippen LogP contribution < -0.4 is 10.5 Å². The Bertz CT molecular complexity index is 838. The zero-order valence-electron chi connectivity index (χ0n) is 13.2. The number of nitrogens with zero attached hydrogens (tertiary/aromatic N) is 3. The molecule has 1 aromatic carbocycles. The molecule has 2 heterocycles. The van der Waals surface area contributed by atoms with E-state index in [1.807, 2.05) is 13.0 Å². The Morgan fingerprint density at radius 2 is 2.08 bits per heavy atom. The standard InChI is InChI=1S/C16H16Cl3N3O2/c1-9(8-24-2)22-7-13(19)20-15(16(22)23)21-4-3-10-5-11(17)6-12(18)14(10)21/h5-7,9H,3-4,8H2,1-2H3. The molecule has 0 amide bonds. The SMILES string of the molecule is COCC(C)n1cc(Cl)nc(N2CCc3cc(Cl)cc(Cl)c32)c1=O. The first kappa shape index (κ1) is 17.5. The smallest absolute Gasteiger partial charge is 0.294 e. The van der Waals surface area contributed by atoms with Crippen molar-refractivity contribution in [1.82, 2.24) is 9.55 Å². The van der Waals surface area contributed by atoms with Gasteiger partial charge in [0.2, 0.25) is 5.82 Å². The van der Waals surface area contributed by atoms with E-state index in [-0.39, 0.29) is 22.6 Å². The number of halogens is 3. The highest BCUT2D eigenvalue weighted by Crippen LogP contribution is 2.40. The van der Waals surface area contributed by atoms with Gasteiger partial charge in [0.15, 0.2) is 0 Å². The molecule has 1 aliphatic rings. The molecule has 0 spiro atoms. The van der Waals surface area contributed by atoms with Crippen molar-refractivity contribution in [2.45, 2.75) is 19.4 Å². The lowest BCUT2D eigenvalue weighted by molar-refractivity contribution is 0.160. The predicted octanol–water partition coefficient (Wildman–Crippen LogP) is 4.11. The Labute approximate surface area is 154 Å². The zero-order valence-corrected chi connectivity index (χ0v) is 15.5. The van der Waals surface area contributed by atoms with E-state index in [1.54, 1.807) is 18.1 Å². The lowest BCUT2D eigenvalue weighted by Crippen LogP contribution is -2.32. The van der Waals surface area contributed by atoms with E-state index in [4.69, 9.17) is 39.5 Å². The van der Waals surface area contributed by atoms with E-state index < -0.39 is 0 Å². The molecule has 2 aromatic rings. The summed E-state index contributed by atoms with van der Waals surface area (Å²) in [6.07, 6.45) is 2.26. The van der Waals surface area contributed by atoms with Crippen LogP contribution in [0.15, 0.2) is 23.1 Å². The Morgan fingerprint density at radius 3 is 2.79 bits per heavy atom. The fourth-order valence-electron chi connectivity index (χ4n) is 2.96. The summed E-state index contributed by atoms with van der Waals surface area (Å²) in [5.74, 6) is 0.258. The lowest BCUT2D eigenvalue weighted by Gasteiger charge is -2.22. The van der Waals surface area contributed by atoms with Crippen LogP contribution in [0.2, 0.25) is 15.2 Å². The largest absolute Gasteiger partial charge is 0.383 e. The van der Waals surface area contributed by atoms with Crippen LogP contribution in [0.4, 0.5) is 11.5 Å². The summed E-state index contributed by atoms with van der Waals surface area (Å²) in [6, 6.07) is 3.36. The number of hydrogen-bond acceptors (Lipinski definition) is 4. The van der Waals surface area contributed by atoms with E-state index in [9.17, 15) is 4.79 Å². The molecule has 0 fully saturated rings. The maximum Gasteiger partial charge on any atom is 0.294 e. The van der Waals surface area contributed by atoms with E-state index in [2.05, 4.69) is 4.98 Å². The van der Waals surface area contributed by atoms with Gasteiger partial charge >= 0.3 is 0 Å². The molecule has 0 N–H and O–H groups in total. The minimum atomic E-state index is -0.234. The fourth-order valence-corrected chi connectivity index (χ4v) is 3.78. The average molecular weight is 389 g/mol. The third-order valence-corrected chi connectivity index (χ3v) is 4.69. The molecule has 1 aromatic heterocycles. The van der Waals surface area contributed by atoms with Crippen molar-refractivity contribution >= 4 is 46.3 Å². The summed E-state index contributed by atoms with van der Waals surface area (Å²) in [6.45, 7) is 2.87.